The standard InChI is InChI=1S/C26H30N2O3/c1-25(2)23(29)27(28(25)21-10-6-8-17-7-4-5-9-20(17)21)22-18-11-16-12-19(22)15-26(13-16,14-18)24(30)31-3/h4-10,16,18-19,22H,11-15H2,1-3H3/t16?,18-,19?,22?,26?/m0/s1. The quantitative estimate of drug-likeness (QED) is 0.686. The van der Waals surface area contributed by atoms with Crippen LogP contribution in [-0.2, 0) is 14.3 Å². The van der Waals surface area contributed by atoms with Gasteiger partial charge in [0.25, 0.3) is 5.91 Å². The van der Waals surface area contributed by atoms with Crippen molar-refractivity contribution < 1.29 is 14.3 Å². The van der Waals surface area contributed by atoms with Gasteiger partial charge in [-0.25, -0.2) is 5.01 Å². The number of anilines is 1. The smallest absolute Gasteiger partial charge is 0.311 e. The first kappa shape index (κ1) is 19.1. The molecule has 2 aromatic carbocycles. The molecule has 4 saturated carbocycles. The van der Waals surface area contributed by atoms with Crippen LogP contribution in [0.1, 0.15) is 46.0 Å². The van der Waals surface area contributed by atoms with Crippen molar-refractivity contribution in [3.63, 3.8) is 0 Å². The van der Waals surface area contributed by atoms with Crippen LogP contribution in [0.2, 0.25) is 0 Å². The van der Waals surface area contributed by atoms with Gasteiger partial charge < -0.3 is 4.74 Å². The van der Waals surface area contributed by atoms with Gasteiger partial charge in [-0.05, 0) is 75.2 Å². The maximum atomic E-state index is 13.5. The molecule has 2 aromatic rings. The molecular weight excluding hydrogens is 388 g/mol. The summed E-state index contributed by atoms with van der Waals surface area (Å²) in [7, 11) is 1.52. The SMILES string of the molecule is COC(=O)C12CC3CC(C1)C(N1C(=O)C(C)(C)N1c1cccc4ccccc14)[C@@H](C3)C2. The predicted molar refractivity (Wildman–Crippen MR) is 119 cm³/mol. The third kappa shape index (κ3) is 2.43. The minimum Gasteiger partial charge on any atom is -0.469 e. The van der Waals surface area contributed by atoms with Gasteiger partial charge >= 0.3 is 5.97 Å². The minimum atomic E-state index is -0.571. The van der Waals surface area contributed by atoms with Crippen LogP contribution in [0.3, 0.4) is 0 Å². The van der Waals surface area contributed by atoms with E-state index in [1.54, 1.807) is 0 Å². The average Bonchev–Trinajstić information content (AvgIpc) is 2.76. The average molecular weight is 419 g/mol. The Balaban J connectivity index is 1.41. The first-order chi connectivity index (χ1) is 14.9. The molecule has 162 valence electrons. The lowest BCUT2D eigenvalue weighted by Gasteiger charge is -2.67. The second-order valence-corrected chi connectivity index (χ2v) is 10.8. The largest absolute Gasteiger partial charge is 0.469 e. The lowest BCUT2D eigenvalue weighted by molar-refractivity contribution is -0.189. The van der Waals surface area contributed by atoms with E-state index in [4.69, 9.17) is 4.74 Å². The van der Waals surface area contributed by atoms with Crippen LogP contribution in [0, 0.1) is 23.2 Å². The third-order valence-corrected chi connectivity index (χ3v) is 8.60. The number of hydrazine groups is 1. The van der Waals surface area contributed by atoms with E-state index in [1.807, 2.05) is 13.8 Å². The molecule has 7 rings (SSSR count). The number of methoxy groups -OCH3 is 1. The van der Waals surface area contributed by atoms with Crippen LogP contribution in [0.5, 0.6) is 0 Å². The van der Waals surface area contributed by atoms with Crippen LogP contribution < -0.4 is 5.01 Å². The van der Waals surface area contributed by atoms with Crippen LogP contribution in [-0.4, -0.2) is 35.6 Å². The zero-order chi connectivity index (χ0) is 21.5. The van der Waals surface area contributed by atoms with Gasteiger partial charge in [-0.1, -0.05) is 36.4 Å². The number of carbonyl (C=O) groups excluding carboxylic acids is 2. The summed E-state index contributed by atoms with van der Waals surface area (Å²) in [5, 5.41) is 6.67. The summed E-state index contributed by atoms with van der Waals surface area (Å²) in [4.78, 5) is 26.2. The Morgan fingerprint density at radius 3 is 2.39 bits per heavy atom. The number of carbonyl (C=O) groups is 2. The second kappa shape index (κ2) is 6.24. The fraction of sp³-hybridized carbons (Fsp3) is 0.538. The molecule has 4 aliphatic carbocycles. The van der Waals surface area contributed by atoms with Crippen molar-refractivity contribution in [2.24, 2.45) is 23.2 Å². The summed E-state index contributed by atoms with van der Waals surface area (Å²) < 4.78 is 5.23. The van der Waals surface area contributed by atoms with E-state index >= 15 is 0 Å². The molecule has 5 aliphatic rings. The summed E-state index contributed by atoms with van der Waals surface area (Å²) in [5.41, 5.74) is 0.202. The molecule has 31 heavy (non-hydrogen) atoms. The highest BCUT2D eigenvalue weighted by Crippen LogP contribution is 2.63. The van der Waals surface area contributed by atoms with Crippen molar-refractivity contribution in [1.82, 2.24) is 5.01 Å². The monoisotopic (exact) mass is 418 g/mol. The first-order valence-corrected chi connectivity index (χ1v) is 11.6. The number of amides is 1. The Hall–Kier alpha value is -2.56. The molecule has 4 bridgehead atoms. The molecule has 5 atom stereocenters. The molecule has 1 heterocycles. The van der Waals surface area contributed by atoms with Gasteiger partial charge in [-0.15, -0.1) is 0 Å². The van der Waals surface area contributed by atoms with Gasteiger partial charge in [0.05, 0.1) is 24.3 Å². The normalized spacial score (nSPS) is 35.4. The fourth-order valence-corrected chi connectivity index (χ4v) is 7.63. The number of hydrogen-bond donors (Lipinski definition) is 0. The summed E-state index contributed by atoms with van der Waals surface area (Å²) in [6, 6.07) is 14.9. The molecule has 5 fully saturated rings. The lowest BCUT2D eigenvalue weighted by atomic mass is 9.47. The number of nitrogens with zero attached hydrogens (tertiary/aromatic N) is 2. The molecule has 1 aliphatic heterocycles. The molecule has 1 amide bonds. The summed E-state index contributed by atoms with van der Waals surface area (Å²) in [6.07, 6.45) is 4.91. The second-order valence-electron chi connectivity index (χ2n) is 10.8. The van der Waals surface area contributed by atoms with Gasteiger partial charge in [-0.3, -0.25) is 14.6 Å². The summed E-state index contributed by atoms with van der Waals surface area (Å²) >= 11 is 0. The maximum Gasteiger partial charge on any atom is 0.311 e. The van der Waals surface area contributed by atoms with Crippen LogP contribution >= 0.6 is 0 Å². The van der Waals surface area contributed by atoms with Gasteiger partial charge in [0.15, 0.2) is 0 Å². The number of esters is 1. The first-order valence-electron chi connectivity index (χ1n) is 11.6. The molecule has 1 saturated heterocycles. The Kier molecular flexibility index (Phi) is 3.86. The fourth-order valence-electron chi connectivity index (χ4n) is 7.63. The lowest BCUT2D eigenvalue weighted by Crippen LogP contribution is -2.80. The molecule has 0 radical (unpaired) electrons. The van der Waals surface area contributed by atoms with E-state index < -0.39 is 5.54 Å². The number of hydrogen-bond acceptors (Lipinski definition) is 4. The molecular formula is C26H30N2O3. The Morgan fingerprint density at radius 1 is 1.00 bits per heavy atom. The summed E-state index contributed by atoms with van der Waals surface area (Å²) in [5.74, 6) is 1.48. The Labute approximate surface area is 183 Å². The highest BCUT2D eigenvalue weighted by molar-refractivity contribution is 6.03. The van der Waals surface area contributed by atoms with E-state index in [0.29, 0.717) is 17.8 Å². The minimum absolute atomic E-state index is 0.0356. The van der Waals surface area contributed by atoms with Crippen molar-refractivity contribution in [3.8, 4) is 0 Å². The number of fused-ring (bicyclic) bond motifs is 1. The number of rotatable bonds is 3. The van der Waals surface area contributed by atoms with Crippen molar-refractivity contribution in [2.45, 2.75) is 57.5 Å². The molecule has 0 spiro atoms. The number of benzene rings is 2. The number of ether oxygens (including phenoxy) is 1. The topological polar surface area (TPSA) is 49.9 Å². The van der Waals surface area contributed by atoms with Crippen LogP contribution in [0.25, 0.3) is 10.8 Å². The molecule has 0 aromatic heterocycles. The third-order valence-electron chi connectivity index (χ3n) is 8.60. The van der Waals surface area contributed by atoms with Gasteiger partial charge in [0, 0.05) is 5.39 Å². The highest BCUT2D eigenvalue weighted by atomic mass is 16.5. The van der Waals surface area contributed by atoms with Gasteiger partial charge in [-0.2, -0.15) is 0 Å². The van der Waals surface area contributed by atoms with Gasteiger partial charge in [0.2, 0.25) is 0 Å². The van der Waals surface area contributed by atoms with E-state index in [9.17, 15) is 9.59 Å². The van der Waals surface area contributed by atoms with Gasteiger partial charge in [0.1, 0.15) is 5.54 Å². The van der Waals surface area contributed by atoms with Crippen molar-refractivity contribution >= 4 is 28.3 Å². The zero-order valence-corrected chi connectivity index (χ0v) is 18.5. The van der Waals surface area contributed by atoms with Crippen molar-refractivity contribution in [2.75, 3.05) is 12.1 Å². The zero-order valence-electron chi connectivity index (χ0n) is 18.5. The van der Waals surface area contributed by atoms with E-state index in [-0.39, 0.29) is 23.3 Å². The Bertz CT molecular complexity index is 1070. The maximum absolute atomic E-state index is 13.5. The molecule has 4 unspecified atom stereocenters. The molecule has 5 heteroatoms. The van der Waals surface area contributed by atoms with E-state index in [0.717, 1.165) is 37.8 Å². The highest BCUT2D eigenvalue weighted by Gasteiger charge is 2.65. The Morgan fingerprint density at radius 2 is 1.68 bits per heavy atom. The predicted octanol–water partition coefficient (Wildman–Crippen LogP) is 4.55. The van der Waals surface area contributed by atoms with Crippen molar-refractivity contribution in [1.29, 1.82) is 0 Å². The van der Waals surface area contributed by atoms with E-state index in [1.165, 1.54) is 17.9 Å². The summed E-state index contributed by atoms with van der Waals surface area (Å²) in [6.45, 7) is 4.05. The molecule has 0 N–H and O–H groups in total. The molecule has 5 nitrogen and oxygen atoms in total. The van der Waals surface area contributed by atoms with E-state index in [2.05, 4.69) is 52.5 Å². The van der Waals surface area contributed by atoms with Crippen LogP contribution in [0.4, 0.5) is 5.69 Å². The van der Waals surface area contributed by atoms with Crippen molar-refractivity contribution in [3.05, 3.63) is 42.5 Å². The van der Waals surface area contributed by atoms with Crippen LogP contribution in [0.15, 0.2) is 42.5 Å².